The van der Waals surface area contributed by atoms with E-state index in [0.717, 1.165) is 28.3 Å². The lowest BCUT2D eigenvalue weighted by Gasteiger charge is -2.05. The minimum Gasteiger partial charge on any atom is -0.356 e. The first-order valence-corrected chi connectivity index (χ1v) is 8.68. The first-order chi connectivity index (χ1) is 12.2. The Hall–Kier alpha value is -2.59. The van der Waals surface area contributed by atoms with Crippen molar-refractivity contribution in [3.63, 3.8) is 0 Å². The fraction of sp³-hybridized carbons (Fsp3) is 0.200. The molecule has 2 aromatic carbocycles. The highest BCUT2D eigenvalue weighted by Crippen LogP contribution is 2.10. The van der Waals surface area contributed by atoms with Gasteiger partial charge in [-0.05, 0) is 48.2 Å². The first-order valence-electron chi connectivity index (χ1n) is 8.31. The number of carbonyl (C=O) groups excluding carboxylic acids is 1. The van der Waals surface area contributed by atoms with E-state index in [4.69, 9.17) is 11.6 Å². The molecule has 0 aliphatic rings. The van der Waals surface area contributed by atoms with E-state index >= 15 is 0 Å². The molecule has 0 aliphatic carbocycles. The molecular formula is C20H20ClN3O. The zero-order valence-electron chi connectivity index (χ0n) is 13.9. The van der Waals surface area contributed by atoms with Crippen LogP contribution in [0.5, 0.6) is 0 Å². The molecule has 0 fully saturated rings. The van der Waals surface area contributed by atoms with Gasteiger partial charge in [-0.2, -0.15) is 5.10 Å². The topological polar surface area (TPSA) is 46.9 Å². The van der Waals surface area contributed by atoms with Crippen molar-refractivity contribution < 1.29 is 4.79 Å². The van der Waals surface area contributed by atoms with Crippen molar-refractivity contribution >= 4 is 17.5 Å². The number of rotatable bonds is 7. The second-order valence-electron chi connectivity index (χ2n) is 5.86. The molecule has 4 nitrogen and oxygen atoms in total. The van der Waals surface area contributed by atoms with Gasteiger partial charge in [-0.3, -0.25) is 4.79 Å². The molecule has 0 spiro atoms. The van der Waals surface area contributed by atoms with Crippen LogP contribution in [0.25, 0.3) is 5.69 Å². The van der Waals surface area contributed by atoms with Crippen molar-refractivity contribution in [2.45, 2.75) is 19.3 Å². The van der Waals surface area contributed by atoms with Gasteiger partial charge in [0, 0.05) is 24.2 Å². The predicted molar refractivity (Wildman–Crippen MR) is 100 cm³/mol. The zero-order valence-corrected chi connectivity index (χ0v) is 14.6. The minimum atomic E-state index is 0.0569. The molecule has 1 heterocycles. The molecule has 1 amide bonds. The Morgan fingerprint density at radius 3 is 2.52 bits per heavy atom. The molecule has 0 saturated heterocycles. The highest BCUT2D eigenvalue weighted by molar-refractivity contribution is 6.30. The van der Waals surface area contributed by atoms with E-state index in [9.17, 15) is 4.79 Å². The van der Waals surface area contributed by atoms with Gasteiger partial charge in [-0.1, -0.05) is 41.9 Å². The van der Waals surface area contributed by atoms with Crippen LogP contribution in [0.15, 0.2) is 67.0 Å². The highest BCUT2D eigenvalue weighted by atomic mass is 35.5. The summed E-state index contributed by atoms with van der Waals surface area (Å²) < 4.78 is 1.83. The third-order valence-electron chi connectivity index (χ3n) is 3.95. The summed E-state index contributed by atoms with van der Waals surface area (Å²) in [5.41, 5.74) is 3.23. The first kappa shape index (κ1) is 17.2. The predicted octanol–water partition coefficient (Wildman–Crippen LogP) is 3.82. The third kappa shape index (κ3) is 5.19. The van der Waals surface area contributed by atoms with Gasteiger partial charge in [-0.15, -0.1) is 0 Å². The van der Waals surface area contributed by atoms with Crippen LogP contribution in [0.1, 0.15) is 17.5 Å². The number of para-hydroxylation sites is 1. The smallest absolute Gasteiger partial charge is 0.220 e. The standard InChI is InChI=1S/C20H20ClN3O/c21-18-9-6-16(7-10-18)12-13-22-20(25)11-8-17-14-23-24(15-17)19-4-2-1-3-5-19/h1-7,9-10,14-15H,8,11-13H2,(H,22,25). The Bertz CT molecular complexity index is 812. The Morgan fingerprint density at radius 1 is 1.00 bits per heavy atom. The molecule has 0 atom stereocenters. The van der Waals surface area contributed by atoms with Gasteiger partial charge in [0.1, 0.15) is 0 Å². The lowest BCUT2D eigenvalue weighted by Crippen LogP contribution is -2.25. The van der Waals surface area contributed by atoms with Crippen molar-refractivity contribution in [3.05, 3.63) is 83.1 Å². The number of aryl methyl sites for hydroxylation is 1. The average molecular weight is 354 g/mol. The normalized spacial score (nSPS) is 10.6. The van der Waals surface area contributed by atoms with Gasteiger partial charge >= 0.3 is 0 Å². The van der Waals surface area contributed by atoms with E-state index in [0.29, 0.717) is 19.4 Å². The third-order valence-corrected chi connectivity index (χ3v) is 4.20. The second kappa shape index (κ2) is 8.49. The Balaban J connectivity index is 1.42. The van der Waals surface area contributed by atoms with Crippen LogP contribution >= 0.6 is 11.6 Å². The molecule has 0 unspecified atom stereocenters. The van der Waals surface area contributed by atoms with Crippen molar-refractivity contribution in [3.8, 4) is 5.69 Å². The van der Waals surface area contributed by atoms with Crippen molar-refractivity contribution in [2.24, 2.45) is 0 Å². The molecule has 1 N–H and O–H groups in total. The van der Waals surface area contributed by atoms with Gasteiger partial charge in [0.15, 0.2) is 0 Å². The van der Waals surface area contributed by atoms with Crippen LogP contribution < -0.4 is 5.32 Å². The molecule has 25 heavy (non-hydrogen) atoms. The molecule has 0 radical (unpaired) electrons. The van der Waals surface area contributed by atoms with Crippen LogP contribution in [0.2, 0.25) is 5.02 Å². The van der Waals surface area contributed by atoms with E-state index in [1.54, 1.807) is 0 Å². The number of benzene rings is 2. The highest BCUT2D eigenvalue weighted by Gasteiger charge is 2.05. The maximum absolute atomic E-state index is 12.0. The molecule has 5 heteroatoms. The quantitative estimate of drug-likeness (QED) is 0.702. The van der Waals surface area contributed by atoms with Crippen molar-refractivity contribution in [1.82, 2.24) is 15.1 Å². The lowest BCUT2D eigenvalue weighted by molar-refractivity contribution is -0.121. The molecule has 0 saturated carbocycles. The Labute approximate surface area is 152 Å². The number of aromatic nitrogens is 2. The molecule has 3 aromatic rings. The van der Waals surface area contributed by atoms with Gasteiger partial charge in [0.25, 0.3) is 0 Å². The molecule has 128 valence electrons. The summed E-state index contributed by atoms with van der Waals surface area (Å²) in [7, 11) is 0. The minimum absolute atomic E-state index is 0.0569. The number of hydrogen-bond donors (Lipinski definition) is 1. The van der Waals surface area contributed by atoms with E-state index in [1.807, 2.05) is 71.7 Å². The number of nitrogens with zero attached hydrogens (tertiary/aromatic N) is 2. The SMILES string of the molecule is O=C(CCc1cnn(-c2ccccc2)c1)NCCc1ccc(Cl)cc1. The lowest BCUT2D eigenvalue weighted by atomic mass is 10.1. The molecule has 1 aromatic heterocycles. The molecule has 0 aliphatic heterocycles. The summed E-state index contributed by atoms with van der Waals surface area (Å²) in [6.45, 7) is 0.629. The molecule has 3 rings (SSSR count). The average Bonchev–Trinajstić information content (AvgIpc) is 3.11. The molecular weight excluding hydrogens is 334 g/mol. The van der Waals surface area contributed by atoms with Crippen LogP contribution in [-0.4, -0.2) is 22.2 Å². The van der Waals surface area contributed by atoms with Crippen LogP contribution in [0, 0.1) is 0 Å². The maximum Gasteiger partial charge on any atom is 0.220 e. The van der Waals surface area contributed by atoms with E-state index in [-0.39, 0.29) is 5.91 Å². The number of halogens is 1. The number of carbonyl (C=O) groups is 1. The van der Waals surface area contributed by atoms with E-state index < -0.39 is 0 Å². The van der Waals surface area contributed by atoms with Crippen molar-refractivity contribution in [2.75, 3.05) is 6.54 Å². The summed E-state index contributed by atoms with van der Waals surface area (Å²) in [6.07, 6.45) is 5.72. The number of hydrogen-bond acceptors (Lipinski definition) is 2. The fourth-order valence-corrected chi connectivity index (χ4v) is 2.68. The monoisotopic (exact) mass is 353 g/mol. The second-order valence-corrected chi connectivity index (χ2v) is 6.29. The van der Waals surface area contributed by atoms with Gasteiger partial charge in [-0.25, -0.2) is 4.68 Å². The van der Waals surface area contributed by atoms with Crippen molar-refractivity contribution in [1.29, 1.82) is 0 Å². The van der Waals surface area contributed by atoms with Gasteiger partial charge in [0.2, 0.25) is 5.91 Å². The van der Waals surface area contributed by atoms with Gasteiger partial charge < -0.3 is 5.32 Å². The Kier molecular flexibility index (Phi) is 5.86. The number of nitrogens with one attached hydrogen (secondary N) is 1. The summed E-state index contributed by atoms with van der Waals surface area (Å²) in [5, 5.41) is 8.03. The van der Waals surface area contributed by atoms with E-state index in [1.165, 1.54) is 0 Å². The zero-order chi connectivity index (χ0) is 17.5. The maximum atomic E-state index is 12.0. The van der Waals surface area contributed by atoms with E-state index in [2.05, 4.69) is 10.4 Å². The van der Waals surface area contributed by atoms with Crippen LogP contribution in [-0.2, 0) is 17.6 Å². The Morgan fingerprint density at radius 2 is 1.76 bits per heavy atom. The van der Waals surface area contributed by atoms with Crippen LogP contribution in [0.4, 0.5) is 0 Å². The summed E-state index contributed by atoms with van der Waals surface area (Å²) in [5.74, 6) is 0.0569. The summed E-state index contributed by atoms with van der Waals surface area (Å²) in [6, 6.07) is 17.6. The summed E-state index contributed by atoms with van der Waals surface area (Å²) in [4.78, 5) is 12.0. The largest absolute Gasteiger partial charge is 0.356 e. The number of amides is 1. The summed E-state index contributed by atoms with van der Waals surface area (Å²) >= 11 is 5.86. The van der Waals surface area contributed by atoms with Gasteiger partial charge in [0.05, 0.1) is 11.9 Å². The van der Waals surface area contributed by atoms with Crippen LogP contribution in [0.3, 0.4) is 0 Å². The molecule has 0 bridgehead atoms. The fourth-order valence-electron chi connectivity index (χ4n) is 2.55.